The van der Waals surface area contributed by atoms with E-state index in [0.29, 0.717) is 21.5 Å². The third kappa shape index (κ3) is 4.62. The van der Waals surface area contributed by atoms with Crippen LogP contribution in [0.2, 0.25) is 0 Å². The molecule has 0 spiro atoms. The molecule has 3 rings (SSSR count). The van der Waals surface area contributed by atoms with Crippen molar-refractivity contribution in [3.8, 4) is 5.75 Å². The molecule has 0 N–H and O–H groups in total. The average Bonchev–Trinajstić information content (AvgIpc) is 2.99. The van der Waals surface area contributed by atoms with Gasteiger partial charge in [-0.25, -0.2) is 9.38 Å². The average molecular weight is 414 g/mol. The van der Waals surface area contributed by atoms with E-state index in [9.17, 15) is 9.18 Å². The maximum atomic E-state index is 13.1. The van der Waals surface area contributed by atoms with Crippen molar-refractivity contribution in [3.63, 3.8) is 0 Å². The van der Waals surface area contributed by atoms with Crippen LogP contribution in [0.15, 0.2) is 52.4 Å². The van der Waals surface area contributed by atoms with Gasteiger partial charge in [0, 0.05) is 37.5 Å². The van der Waals surface area contributed by atoms with E-state index < -0.39 is 0 Å². The van der Waals surface area contributed by atoms with E-state index in [1.807, 2.05) is 24.3 Å². The standard InChI is InChI=1S/C22H24FN3O2S/c1-5-26(6-2)18-12-7-15(19(14-18)28-4)13-20-21(27)25(3)22(29-20)24-17-10-8-16(23)9-11-17/h7-14H,5-6H2,1-4H3/b20-13+,24-22?. The summed E-state index contributed by atoms with van der Waals surface area (Å²) in [6, 6.07) is 11.8. The second-order valence-corrected chi connectivity index (χ2v) is 7.45. The number of nitrogens with zero attached hydrogens (tertiary/aromatic N) is 3. The molecule has 0 atom stereocenters. The second kappa shape index (κ2) is 9.13. The van der Waals surface area contributed by atoms with Gasteiger partial charge in [-0.1, -0.05) is 0 Å². The van der Waals surface area contributed by atoms with E-state index in [1.165, 1.54) is 28.8 Å². The molecule has 0 radical (unpaired) electrons. The number of amidine groups is 1. The lowest BCUT2D eigenvalue weighted by atomic mass is 10.1. The van der Waals surface area contributed by atoms with Crippen molar-refractivity contribution in [1.82, 2.24) is 4.90 Å². The molecule has 1 saturated heterocycles. The minimum atomic E-state index is -0.321. The van der Waals surface area contributed by atoms with Crippen molar-refractivity contribution >= 4 is 40.3 Å². The molecule has 0 bridgehead atoms. The largest absolute Gasteiger partial charge is 0.496 e. The summed E-state index contributed by atoms with van der Waals surface area (Å²) in [6.07, 6.45) is 1.82. The monoisotopic (exact) mass is 413 g/mol. The third-order valence-electron chi connectivity index (χ3n) is 4.69. The lowest BCUT2D eigenvalue weighted by molar-refractivity contribution is -0.121. The molecule has 1 amide bonds. The first-order valence-electron chi connectivity index (χ1n) is 9.41. The molecule has 2 aromatic carbocycles. The molecule has 0 saturated carbocycles. The highest BCUT2D eigenvalue weighted by Crippen LogP contribution is 2.35. The van der Waals surface area contributed by atoms with Crippen LogP contribution in [0.5, 0.6) is 5.75 Å². The van der Waals surface area contributed by atoms with Crippen LogP contribution in [-0.2, 0) is 4.79 Å². The Balaban J connectivity index is 1.90. The zero-order valence-electron chi connectivity index (χ0n) is 17.0. The van der Waals surface area contributed by atoms with Gasteiger partial charge in [0.15, 0.2) is 5.17 Å². The molecule has 1 aliphatic heterocycles. The van der Waals surface area contributed by atoms with E-state index in [0.717, 1.165) is 24.3 Å². The number of ether oxygens (including phenoxy) is 1. The van der Waals surface area contributed by atoms with Crippen molar-refractivity contribution < 1.29 is 13.9 Å². The van der Waals surface area contributed by atoms with Crippen LogP contribution in [0.1, 0.15) is 19.4 Å². The zero-order chi connectivity index (χ0) is 21.0. The van der Waals surface area contributed by atoms with E-state index in [2.05, 4.69) is 23.7 Å². The fraction of sp³-hybridized carbons (Fsp3) is 0.273. The van der Waals surface area contributed by atoms with Gasteiger partial charge in [-0.15, -0.1) is 0 Å². The number of amides is 1. The van der Waals surface area contributed by atoms with Crippen LogP contribution >= 0.6 is 11.8 Å². The molecular weight excluding hydrogens is 389 g/mol. The van der Waals surface area contributed by atoms with Crippen molar-refractivity contribution in [2.24, 2.45) is 4.99 Å². The normalized spacial score (nSPS) is 16.7. The molecule has 2 aromatic rings. The van der Waals surface area contributed by atoms with Gasteiger partial charge in [0.05, 0.1) is 17.7 Å². The molecule has 29 heavy (non-hydrogen) atoms. The fourth-order valence-corrected chi connectivity index (χ4v) is 4.00. The molecule has 1 aliphatic rings. The number of hydrogen-bond acceptors (Lipinski definition) is 5. The van der Waals surface area contributed by atoms with Gasteiger partial charge in [-0.3, -0.25) is 9.69 Å². The Morgan fingerprint density at radius 3 is 2.48 bits per heavy atom. The second-order valence-electron chi connectivity index (χ2n) is 6.44. The molecule has 152 valence electrons. The highest BCUT2D eigenvalue weighted by molar-refractivity contribution is 8.18. The van der Waals surface area contributed by atoms with Crippen LogP contribution in [0.25, 0.3) is 6.08 Å². The van der Waals surface area contributed by atoms with Gasteiger partial charge in [-0.05, 0) is 68.1 Å². The Kier molecular flexibility index (Phi) is 6.59. The maximum Gasteiger partial charge on any atom is 0.266 e. The number of thioether (sulfide) groups is 1. The van der Waals surface area contributed by atoms with E-state index in [-0.39, 0.29) is 11.7 Å². The van der Waals surface area contributed by atoms with Crippen LogP contribution < -0.4 is 9.64 Å². The summed E-state index contributed by atoms with van der Waals surface area (Å²) in [6.45, 7) is 6.03. The number of anilines is 1. The van der Waals surface area contributed by atoms with Gasteiger partial charge in [0.1, 0.15) is 11.6 Å². The molecule has 7 heteroatoms. The predicted molar refractivity (Wildman–Crippen MR) is 118 cm³/mol. The summed E-state index contributed by atoms with van der Waals surface area (Å²) in [5.41, 5.74) is 2.50. The zero-order valence-corrected chi connectivity index (χ0v) is 17.8. The third-order valence-corrected chi connectivity index (χ3v) is 5.75. The van der Waals surface area contributed by atoms with Gasteiger partial charge in [0.25, 0.3) is 5.91 Å². The summed E-state index contributed by atoms with van der Waals surface area (Å²) < 4.78 is 18.7. The molecular formula is C22H24FN3O2S. The Hall–Kier alpha value is -2.80. The number of aliphatic imine (C=N–C) groups is 1. The maximum absolute atomic E-state index is 13.1. The Labute approximate surface area is 174 Å². The minimum absolute atomic E-state index is 0.134. The highest BCUT2D eigenvalue weighted by Gasteiger charge is 2.30. The Bertz CT molecular complexity index is 953. The predicted octanol–water partition coefficient (Wildman–Crippen LogP) is 4.91. The van der Waals surface area contributed by atoms with Crippen LogP contribution in [-0.4, -0.2) is 43.2 Å². The van der Waals surface area contributed by atoms with Gasteiger partial charge < -0.3 is 9.64 Å². The number of benzene rings is 2. The number of rotatable bonds is 6. The summed E-state index contributed by atoms with van der Waals surface area (Å²) in [5.74, 6) is 0.255. The van der Waals surface area contributed by atoms with Crippen molar-refractivity contribution in [3.05, 3.63) is 58.8 Å². The summed E-state index contributed by atoms with van der Waals surface area (Å²) in [4.78, 5) is 21.4. The number of halogens is 1. The first-order valence-corrected chi connectivity index (χ1v) is 10.2. The van der Waals surface area contributed by atoms with E-state index >= 15 is 0 Å². The summed E-state index contributed by atoms with van der Waals surface area (Å²) in [7, 11) is 3.31. The van der Waals surface area contributed by atoms with Crippen molar-refractivity contribution in [2.45, 2.75) is 13.8 Å². The number of carbonyl (C=O) groups is 1. The summed E-state index contributed by atoms with van der Waals surface area (Å²) >= 11 is 1.29. The fourth-order valence-electron chi connectivity index (χ4n) is 3.02. The van der Waals surface area contributed by atoms with Crippen LogP contribution in [0, 0.1) is 5.82 Å². The number of likely N-dealkylation sites (N-methyl/N-ethyl adjacent to an activating group) is 1. The quantitative estimate of drug-likeness (QED) is 0.631. The SMILES string of the molecule is CCN(CC)c1ccc(/C=C2/SC(=Nc3ccc(F)cc3)N(C)C2=O)c(OC)c1. The van der Waals surface area contributed by atoms with Gasteiger partial charge in [-0.2, -0.15) is 0 Å². The summed E-state index contributed by atoms with van der Waals surface area (Å²) in [5, 5.41) is 0.548. The lowest BCUT2D eigenvalue weighted by Gasteiger charge is -2.22. The lowest BCUT2D eigenvalue weighted by Crippen LogP contribution is -2.23. The molecule has 5 nitrogen and oxygen atoms in total. The van der Waals surface area contributed by atoms with Crippen LogP contribution in [0.3, 0.4) is 0 Å². The van der Waals surface area contributed by atoms with Gasteiger partial charge >= 0.3 is 0 Å². The number of carbonyl (C=O) groups excluding carboxylic acids is 1. The van der Waals surface area contributed by atoms with E-state index in [4.69, 9.17) is 4.74 Å². The first-order chi connectivity index (χ1) is 14.0. The number of hydrogen-bond donors (Lipinski definition) is 0. The van der Waals surface area contributed by atoms with Crippen molar-refractivity contribution in [1.29, 1.82) is 0 Å². The van der Waals surface area contributed by atoms with Crippen LogP contribution in [0.4, 0.5) is 15.8 Å². The first kappa shape index (κ1) is 20.9. The highest BCUT2D eigenvalue weighted by atomic mass is 32.2. The molecule has 0 aliphatic carbocycles. The molecule has 0 unspecified atom stereocenters. The minimum Gasteiger partial charge on any atom is -0.496 e. The van der Waals surface area contributed by atoms with Gasteiger partial charge in [0.2, 0.25) is 0 Å². The molecule has 1 heterocycles. The smallest absolute Gasteiger partial charge is 0.266 e. The Morgan fingerprint density at radius 2 is 1.86 bits per heavy atom. The van der Waals surface area contributed by atoms with Crippen molar-refractivity contribution in [2.75, 3.05) is 32.1 Å². The number of methoxy groups -OCH3 is 1. The van der Waals surface area contributed by atoms with E-state index in [1.54, 1.807) is 26.3 Å². The topological polar surface area (TPSA) is 45.1 Å². The molecule has 0 aromatic heterocycles. The Morgan fingerprint density at radius 1 is 1.17 bits per heavy atom. The molecule has 1 fully saturated rings.